The van der Waals surface area contributed by atoms with E-state index in [-0.39, 0.29) is 0 Å². The van der Waals surface area contributed by atoms with E-state index in [0.717, 1.165) is 33.6 Å². The summed E-state index contributed by atoms with van der Waals surface area (Å²) < 4.78 is 8.85. The van der Waals surface area contributed by atoms with E-state index in [2.05, 4.69) is 53.9 Å². The van der Waals surface area contributed by atoms with Gasteiger partial charge in [-0.25, -0.2) is 0 Å². The van der Waals surface area contributed by atoms with Gasteiger partial charge in [0.15, 0.2) is 0 Å². The molecule has 0 saturated carbocycles. The number of hydrogen-bond donors (Lipinski definition) is 0. The van der Waals surface area contributed by atoms with Crippen LogP contribution in [0.15, 0.2) is 22.7 Å². The molecule has 0 aliphatic heterocycles. The molecule has 0 N–H and O–H groups in total. The van der Waals surface area contributed by atoms with Crippen LogP contribution in [-0.4, -0.2) is 9.78 Å². The van der Waals surface area contributed by atoms with Crippen molar-refractivity contribution in [2.75, 3.05) is 0 Å². The van der Waals surface area contributed by atoms with Gasteiger partial charge in [-0.15, -0.1) is 0 Å². The third-order valence-electron chi connectivity index (χ3n) is 3.20. The largest absolute Gasteiger partial charge is 0.487 e. The Balaban J connectivity index is 2.16. The molecule has 1 heterocycles. The van der Waals surface area contributed by atoms with Crippen molar-refractivity contribution in [2.45, 2.75) is 33.8 Å². The summed E-state index contributed by atoms with van der Waals surface area (Å²) in [4.78, 5) is 0. The summed E-state index contributed by atoms with van der Waals surface area (Å²) in [7, 11) is 1.95. The SMILES string of the molecule is CCc1nn(C)c(COc2ccc(C)cc2C)c1Br. The number of halogens is 1. The Hall–Kier alpha value is -1.29. The third kappa shape index (κ3) is 3.00. The molecule has 0 amide bonds. The first-order valence-electron chi connectivity index (χ1n) is 6.43. The summed E-state index contributed by atoms with van der Waals surface area (Å²) in [5.41, 5.74) is 4.55. The van der Waals surface area contributed by atoms with Crippen LogP contribution < -0.4 is 4.74 Å². The Morgan fingerprint density at radius 1 is 1.32 bits per heavy atom. The Morgan fingerprint density at radius 3 is 2.63 bits per heavy atom. The summed E-state index contributed by atoms with van der Waals surface area (Å²) >= 11 is 3.60. The van der Waals surface area contributed by atoms with Crippen molar-refractivity contribution in [3.8, 4) is 5.75 Å². The maximum atomic E-state index is 5.91. The predicted octanol–water partition coefficient (Wildman–Crippen LogP) is 3.94. The van der Waals surface area contributed by atoms with E-state index in [9.17, 15) is 0 Å². The van der Waals surface area contributed by atoms with Crippen molar-refractivity contribution in [3.63, 3.8) is 0 Å². The van der Waals surface area contributed by atoms with E-state index in [0.29, 0.717) is 6.61 Å². The molecule has 2 aromatic rings. The molecule has 0 aliphatic rings. The molecule has 0 aliphatic carbocycles. The van der Waals surface area contributed by atoms with Crippen molar-refractivity contribution in [1.29, 1.82) is 0 Å². The van der Waals surface area contributed by atoms with E-state index in [4.69, 9.17) is 4.74 Å². The number of aromatic nitrogens is 2. The first kappa shape index (κ1) is 14.1. The molecular formula is C15H19BrN2O. The van der Waals surface area contributed by atoms with Gasteiger partial charge < -0.3 is 4.74 Å². The van der Waals surface area contributed by atoms with Crippen LogP contribution in [0, 0.1) is 13.8 Å². The minimum Gasteiger partial charge on any atom is -0.487 e. The average molecular weight is 323 g/mol. The Bertz CT molecular complexity index is 590. The topological polar surface area (TPSA) is 27.1 Å². The molecular weight excluding hydrogens is 304 g/mol. The maximum Gasteiger partial charge on any atom is 0.131 e. The van der Waals surface area contributed by atoms with Gasteiger partial charge in [-0.1, -0.05) is 24.6 Å². The van der Waals surface area contributed by atoms with Crippen LogP contribution in [-0.2, 0) is 20.1 Å². The molecule has 2 rings (SSSR count). The van der Waals surface area contributed by atoms with Crippen molar-refractivity contribution < 1.29 is 4.74 Å². The van der Waals surface area contributed by atoms with E-state index in [1.54, 1.807) is 0 Å². The highest BCUT2D eigenvalue weighted by Crippen LogP contribution is 2.25. The lowest BCUT2D eigenvalue weighted by molar-refractivity contribution is 0.292. The molecule has 1 aromatic heterocycles. The predicted molar refractivity (Wildman–Crippen MR) is 80.5 cm³/mol. The Labute approximate surface area is 122 Å². The summed E-state index contributed by atoms with van der Waals surface area (Å²) in [6, 6.07) is 6.22. The number of hydrogen-bond acceptors (Lipinski definition) is 2. The average Bonchev–Trinajstić information content (AvgIpc) is 2.64. The second kappa shape index (κ2) is 5.78. The quantitative estimate of drug-likeness (QED) is 0.852. The maximum absolute atomic E-state index is 5.91. The second-order valence-corrected chi connectivity index (χ2v) is 5.54. The van der Waals surface area contributed by atoms with Crippen LogP contribution in [0.2, 0.25) is 0 Å². The van der Waals surface area contributed by atoms with E-state index >= 15 is 0 Å². The zero-order chi connectivity index (χ0) is 14.0. The molecule has 0 unspecified atom stereocenters. The first-order chi connectivity index (χ1) is 9.02. The summed E-state index contributed by atoms with van der Waals surface area (Å²) in [6.07, 6.45) is 0.915. The fourth-order valence-electron chi connectivity index (χ4n) is 2.08. The van der Waals surface area contributed by atoms with Gasteiger partial charge in [-0.3, -0.25) is 4.68 Å². The summed E-state index contributed by atoms with van der Waals surface area (Å²) in [5.74, 6) is 0.928. The molecule has 1 aromatic carbocycles. The van der Waals surface area contributed by atoms with Gasteiger partial charge in [-0.05, 0) is 47.8 Å². The molecule has 0 radical (unpaired) electrons. The van der Waals surface area contributed by atoms with Gasteiger partial charge in [0.2, 0.25) is 0 Å². The van der Waals surface area contributed by atoms with Gasteiger partial charge in [0.05, 0.1) is 15.9 Å². The molecule has 0 spiro atoms. The van der Waals surface area contributed by atoms with Gasteiger partial charge in [-0.2, -0.15) is 5.10 Å². The Kier molecular flexibility index (Phi) is 4.30. The van der Waals surface area contributed by atoms with Gasteiger partial charge in [0.25, 0.3) is 0 Å². The monoisotopic (exact) mass is 322 g/mol. The molecule has 4 heteroatoms. The highest BCUT2D eigenvalue weighted by molar-refractivity contribution is 9.10. The van der Waals surface area contributed by atoms with Gasteiger partial charge in [0.1, 0.15) is 12.4 Å². The van der Waals surface area contributed by atoms with Crippen molar-refractivity contribution in [3.05, 3.63) is 45.2 Å². The molecule has 102 valence electrons. The summed E-state index contributed by atoms with van der Waals surface area (Å²) in [6.45, 7) is 6.77. The number of benzene rings is 1. The number of nitrogens with zero attached hydrogens (tertiary/aromatic N) is 2. The lowest BCUT2D eigenvalue weighted by Crippen LogP contribution is -2.04. The number of ether oxygens (including phenoxy) is 1. The van der Waals surface area contributed by atoms with Crippen LogP contribution in [0.25, 0.3) is 0 Å². The van der Waals surface area contributed by atoms with Gasteiger partial charge in [0, 0.05) is 7.05 Å². The van der Waals surface area contributed by atoms with E-state index < -0.39 is 0 Å². The van der Waals surface area contributed by atoms with E-state index in [1.165, 1.54) is 5.56 Å². The standard InChI is InChI=1S/C15H19BrN2O/c1-5-12-15(16)13(18(4)17-12)9-19-14-7-6-10(2)8-11(14)3/h6-8H,5,9H2,1-4H3. The zero-order valence-electron chi connectivity index (χ0n) is 11.8. The van der Waals surface area contributed by atoms with Crippen molar-refractivity contribution in [2.24, 2.45) is 7.05 Å². The minimum atomic E-state index is 0.522. The van der Waals surface area contributed by atoms with Gasteiger partial charge >= 0.3 is 0 Å². The molecule has 19 heavy (non-hydrogen) atoms. The summed E-state index contributed by atoms with van der Waals surface area (Å²) in [5, 5.41) is 4.47. The fraction of sp³-hybridized carbons (Fsp3) is 0.400. The molecule has 0 fully saturated rings. The molecule has 0 atom stereocenters. The lowest BCUT2D eigenvalue weighted by atomic mass is 10.1. The smallest absolute Gasteiger partial charge is 0.131 e. The highest BCUT2D eigenvalue weighted by atomic mass is 79.9. The van der Waals surface area contributed by atoms with Crippen LogP contribution in [0.5, 0.6) is 5.75 Å². The van der Waals surface area contributed by atoms with Crippen LogP contribution in [0.3, 0.4) is 0 Å². The molecule has 0 bridgehead atoms. The number of rotatable bonds is 4. The van der Waals surface area contributed by atoms with E-state index in [1.807, 2.05) is 17.8 Å². The molecule has 3 nitrogen and oxygen atoms in total. The zero-order valence-corrected chi connectivity index (χ0v) is 13.4. The van der Waals surface area contributed by atoms with Crippen LogP contribution in [0.1, 0.15) is 29.4 Å². The molecule has 0 saturated heterocycles. The van der Waals surface area contributed by atoms with Crippen molar-refractivity contribution >= 4 is 15.9 Å². The van der Waals surface area contributed by atoms with Crippen LogP contribution in [0.4, 0.5) is 0 Å². The number of aryl methyl sites for hydroxylation is 4. The normalized spacial score (nSPS) is 10.8. The first-order valence-corrected chi connectivity index (χ1v) is 7.22. The third-order valence-corrected chi connectivity index (χ3v) is 4.11. The second-order valence-electron chi connectivity index (χ2n) is 4.74. The minimum absolute atomic E-state index is 0.522. The highest BCUT2D eigenvalue weighted by Gasteiger charge is 2.13. The van der Waals surface area contributed by atoms with Crippen molar-refractivity contribution in [1.82, 2.24) is 9.78 Å². The lowest BCUT2D eigenvalue weighted by Gasteiger charge is -2.10. The Morgan fingerprint density at radius 2 is 2.05 bits per heavy atom. The fourth-order valence-corrected chi connectivity index (χ4v) is 2.81. The van der Waals surface area contributed by atoms with Crippen LogP contribution >= 0.6 is 15.9 Å².